The summed E-state index contributed by atoms with van der Waals surface area (Å²) in [4.78, 5) is 27.7. The van der Waals surface area contributed by atoms with Gasteiger partial charge < -0.3 is 14.3 Å². The Morgan fingerprint density at radius 1 is 1.02 bits per heavy atom. The molecule has 15 heteroatoms. The molecular weight excluding hydrogens is 574 g/mol. The number of halogens is 6. The van der Waals surface area contributed by atoms with Crippen molar-refractivity contribution in [3.8, 4) is 11.6 Å². The molecule has 2 heterocycles. The van der Waals surface area contributed by atoms with Gasteiger partial charge in [-0.05, 0) is 30.9 Å². The number of hydrogen-bond acceptors (Lipinski definition) is 7. The average Bonchev–Trinajstić information content (AvgIpc) is 3.41. The van der Waals surface area contributed by atoms with Crippen molar-refractivity contribution in [1.29, 1.82) is 0 Å². The van der Waals surface area contributed by atoms with Gasteiger partial charge >= 0.3 is 18.4 Å². The smallest absolute Gasteiger partial charge is 0.426 e. The fourth-order valence-electron chi connectivity index (χ4n) is 3.82. The van der Waals surface area contributed by atoms with Crippen LogP contribution in [-0.2, 0) is 23.1 Å². The zero-order chi connectivity index (χ0) is 31.1. The van der Waals surface area contributed by atoms with E-state index in [4.69, 9.17) is 9.15 Å². The van der Waals surface area contributed by atoms with Crippen LogP contribution in [0.4, 0.5) is 36.8 Å². The molecule has 0 aliphatic carbocycles. The minimum absolute atomic E-state index is 0.0108. The maximum absolute atomic E-state index is 14.7. The molecule has 3 aromatic rings. The number of allylic oxidation sites excluding steroid dienone is 2. The standard InChI is InChI=1S/C27H24F6N4O5/c1-3-5-12-19(38)20-17(26(28,29)30)14-18(34-24(39)40)21(35-20)22-36-37-23(42-22)25(13-6-4-2,27(31,32)33)41-15-16-10-8-7-9-11-16/h3-4,7-11,14,34H,1-2,5-6,12-13,15H2,(H,39,40). The van der Waals surface area contributed by atoms with E-state index in [0.717, 1.165) is 0 Å². The van der Waals surface area contributed by atoms with Crippen LogP contribution in [0, 0.1) is 0 Å². The third-order valence-corrected chi connectivity index (χ3v) is 5.87. The highest BCUT2D eigenvalue weighted by Gasteiger charge is 2.61. The van der Waals surface area contributed by atoms with Gasteiger partial charge in [-0.25, -0.2) is 9.78 Å². The molecule has 0 radical (unpaired) electrons. The second-order valence-corrected chi connectivity index (χ2v) is 8.80. The first-order chi connectivity index (χ1) is 19.7. The number of aromatic nitrogens is 3. The molecule has 0 saturated carbocycles. The highest BCUT2D eigenvalue weighted by molar-refractivity contribution is 5.98. The van der Waals surface area contributed by atoms with Crippen molar-refractivity contribution in [2.45, 2.75) is 50.2 Å². The number of nitrogens with one attached hydrogen (secondary N) is 1. The number of Topliss-reactive ketones (excluding diaryl/α,β-unsaturated/α-hetero) is 1. The zero-order valence-electron chi connectivity index (χ0n) is 21.8. The Bertz CT molecular complexity index is 1440. The molecule has 0 aliphatic heterocycles. The topological polar surface area (TPSA) is 127 Å². The van der Waals surface area contributed by atoms with Crippen LogP contribution in [0.25, 0.3) is 11.6 Å². The second-order valence-electron chi connectivity index (χ2n) is 8.80. The van der Waals surface area contributed by atoms with Crippen LogP contribution < -0.4 is 5.32 Å². The van der Waals surface area contributed by atoms with Gasteiger partial charge in [0, 0.05) is 6.42 Å². The minimum atomic E-state index is -5.15. The minimum Gasteiger partial charge on any atom is -0.465 e. The number of anilines is 1. The molecule has 1 aromatic carbocycles. The van der Waals surface area contributed by atoms with Crippen molar-refractivity contribution in [3.05, 3.63) is 84.4 Å². The number of ether oxygens (including phenoxy) is 1. The van der Waals surface area contributed by atoms with Crippen LogP contribution >= 0.6 is 0 Å². The lowest BCUT2D eigenvalue weighted by Crippen LogP contribution is -2.45. The molecule has 0 saturated heterocycles. The summed E-state index contributed by atoms with van der Waals surface area (Å²) in [6.45, 7) is 6.29. The van der Waals surface area contributed by atoms with E-state index in [-0.39, 0.29) is 18.9 Å². The quantitative estimate of drug-likeness (QED) is 0.119. The predicted octanol–water partition coefficient (Wildman–Crippen LogP) is 7.33. The maximum atomic E-state index is 14.7. The molecule has 0 spiro atoms. The lowest BCUT2D eigenvalue weighted by atomic mass is 9.96. The van der Waals surface area contributed by atoms with Gasteiger partial charge in [-0.1, -0.05) is 42.5 Å². The van der Waals surface area contributed by atoms with Gasteiger partial charge in [0.15, 0.2) is 11.5 Å². The molecule has 224 valence electrons. The summed E-state index contributed by atoms with van der Waals surface area (Å²) in [5, 5.41) is 17.9. The lowest BCUT2D eigenvalue weighted by molar-refractivity contribution is -0.299. The number of benzene rings is 1. The van der Waals surface area contributed by atoms with Gasteiger partial charge in [-0.2, -0.15) is 26.3 Å². The molecule has 1 amide bonds. The van der Waals surface area contributed by atoms with Crippen LogP contribution in [0.5, 0.6) is 0 Å². The van der Waals surface area contributed by atoms with Gasteiger partial charge in [0.25, 0.3) is 11.8 Å². The van der Waals surface area contributed by atoms with E-state index in [9.17, 15) is 41.0 Å². The van der Waals surface area contributed by atoms with Crippen LogP contribution in [-0.4, -0.2) is 38.3 Å². The number of alkyl halides is 6. The number of nitrogens with zero attached hydrogens (tertiary/aromatic N) is 3. The number of rotatable bonds is 13. The summed E-state index contributed by atoms with van der Waals surface area (Å²) in [6, 6.07) is 8.15. The van der Waals surface area contributed by atoms with E-state index in [0.29, 0.717) is 5.56 Å². The van der Waals surface area contributed by atoms with E-state index < -0.39 is 83.7 Å². The van der Waals surface area contributed by atoms with Crippen LogP contribution in [0.2, 0.25) is 0 Å². The summed E-state index contributed by atoms with van der Waals surface area (Å²) in [6.07, 6.45) is -11.1. The Morgan fingerprint density at radius 2 is 1.69 bits per heavy atom. The number of amides is 1. The Labute approximate surface area is 234 Å². The normalized spacial score (nSPS) is 13.3. The first-order valence-electron chi connectivity index (χ1n) is 12.2. The highest BCUT2D eigenvalue weighted by Crippen LogP contribution is 2.47. The molecule has 9 nitrogen and oxygen atoms in total. The van der Waals surface area contributed by atoms with Crippen molar-refractivity contribution >= 4 is 17.6 Å². The Kier molecular flexibility index (Phi) is 9.88. The molecule has 0 aliphatic rings. The van der Waals surface area contributed by atoms with Crippen LogP contribution in [0.1, 0.15) is 53.2 Å². The van der Waals surface area contributed by atoms with Gasteiger partial charge in [0.05, 0.1) is 17.9 Å². The van der Waals surface area contributed by atoms with E-state index in [1.807, 2.05) is 0 Å². The summed E-state index contributed by atoms with van der Waals surface area (Å²) < 4.78 is 96.1. The third kappa shape index (κ3) is 7.21. The zero-order valence-corrected chi connectivity index (χ0v) is 21.8. The molecule has 0 fully saturated rings. The fourth-order valence-corrected chi connectivity index (χ4v) is 3.82. The van der Waals surface area contributed by atoms with Crippen molar-refractivity contribution in [2.75, 3.05) is 5.32 Å². The summed E-state index contributed by atoms with van der Waals surface area (Å²) >= 11 is 0. The molecule has 1 unspecified atom stereocenters. The first-order valence-corrected chi connectivity index (χ1v) is 12.2. The van der Waals surface area contributed by atoms with Gasteiger partial charge in [-0.3, -0.25) is 10.1 Å². The number of ketones is 1. The Morgan fingerprint density at radius 3 is 2.26 bits per heavy atom. The van der Waals surface area contributed by atoms with Gasteiger partial charge in [0.2, 0.25) is 5.60 Å². The fraction of sp³-hybridized carbons (Fsp3) is 0.296. The number of hydrogen-bond donors (Lipinski definition) is 2. The predicted molar refractivity (Wildman–Crippen MR) is 136 cm³/mol. The van der Waals surface area contributed by atoms with E-state index >= 15 is 0 Å². The molecule has 0 bridgehead atoms. The van der Waals surface area contributed by atoms with Crippen molar-refractivity contribution in [3.63, 3.8) is 0 Å². The molecule has 1 atom stereocenters. The molecule has 3 rings (SSSR count). The third-order valence-electron chi connectivity index (χ3n) is 5.87. The van der Waals surface area contributed by atoms with Gasteiger partial charge in [0.1, 0.15) is 5.69 Å². The molecule has 2 N–H and O–H groups in total. The largest absolute Gasteiger partial charge is 0.465 e. The Hall–Kier alpha value is -4.53. The maximum Gasteiger partial charge on any atom is 0.426 e. The number of carboxylic acid groups (broad SMARTS) is 1. The lowest BCUT2D eigenvalue weighted by Gasteiger charge is -2.32. The van der Waals surface area contributed by atoms with Crippen LogP contribution in [0.3, 0.4) is 0 Å². The summed E-state index contributed by atoms with van der Waals surface area (Å²) in [7, 11) is 0. The molecule has 42 heavy (non-hydrogen) atoms. The van der Waals surface area contributed by atoms with Crippen LogP contribution in [0.15, 0.2) is 66.1 Å². The summed E-state index contributed by atoms with van der Waals surface area (Å²) in [5.41, 5.74) is -7.18. The SMILES string of the molecule is C=CCCC(=O)c1nc(-c2nnc(C(CCC=C)(OCc3ccccc3)C(F)(F)F)o2)c(NC(=O)O)cc1C(F)(F)F. The average molecular weight is 599 g/mol. The van der Waals surface area contributed by atoms with E-state index in [2.05, 4.69) is 28.3 Å². The van der Waals surface area contributed by atoms with E-state index in [1.54, 1.807) is 23.5 Å². The van der Waals surface area contributed by atoms with Crippen molar-refractivity contribution in [2.24, 2.45) is 0 Å². The number of pyridine rings is 1. The van der Waals surface area contributed by atoms with Crippen molar-refractivity contribution in [1.82, 2.24) is 15.2 Å². The summed E-state index contributed by atoms with van der Waals surface area (Å²) in [5.74, 6) is -3.10. The number of carbonyl (C=O) groups excluding carboxylic acids is 1. The first kappa shape index (κ1) is 32.0. The highest BCUT2D eigenvalue weighted by atomic mass is 19.4. The second kappa shape index (κ2) is 13.0. The number of carbonyl (C=O) groups is 2. The van der Waals surface area contributed by atoms with Crippen molar-refractivity contribution < 1.29 is 50.2 Å². The van der Waals surface area contributed by atoms with E-state index in [1.165, 1.54) is 24.3 Å². The van der Waals surface area contributed by atoms with Gasteiger partial charge in [-0.15, -0.1) is 23.4 Å². The Balaban J connectivity index is 2.21. The monoisotopic (exact) mass is 598 g/mol. The molecule has 2 aromatic heterocycles. The molecular formula is C27H24F6N4O5.